The van der Waals surface area contributed by atoms with Crippen molar-refractivity contribution in [3.63, 3.8) is 0 Å². The number of nitrogens with zero attached hydrogens (tertiary/aromatic N) is 1. The topological polar surface area (TPSA) is 52.4 Å². The van der Waals surface area contributed by atoms with Crippen molar-refractivity contribution in [2.24, 2.45) is 0 Å². The lowest BCUT2D eigenvalue weighted by molar-refractivity contribution is -0.400. The molecule has 0 spiro atoms. The summed E-state index contributed by atoms with van der Waals surface area (Å²) in [5, 5.41) is 10.4. The monoisotopic (exact) mass is 249 g/mol. The summed E-state index contributed by atoms with van der Waals surface area (Å²) in [6.07, 6.45) is 1.65. The van der Waals surface area contributed by atoms with E-state index < -0.39 is 11.5 Å². The first-order valence-corrected chi connectivity index (χ1v) is 4.43. The number of nitro groups is 1. The minimum Gasteiger partial charge on any atom is -0.434 e. The van der Waals surface area contributed by atoms with E-state index in [2.05, 4.69) is 4.74 Å². The van der Waals surface area contributed by atoms with Gasteiger partial charge in [-0.3, -0.25) is 10.1 Å². The summed E-state index contributed by atoms with van der Waals surface area (Å²) in [6.45, 7) is -3.00. The molecule has 0 aliphatic heterocycles. The molecule has 16 heavy (non-hydrogen) atoms. The van der Waals surface area contributed by atoms with Gasteiger partial charge in [-0.2, -0.15) is 8.78 Å². The van der Waals surface area contributed by atoms with Crippen molar-refractivity contribution in [1.82, 2.24) is 0 Å². The zero-order chi connectivity index (χ0) is 12.1. The van der Waals surface area contributed by atoms with E-state index in [0.717, 1.165) is 6.08 Å². The molecule has 1 aromatic rings. The van der Waals surface area contributed by atoms with Gasteiger partial charge in [-0.1, -0.05) is 11.6 Å². The average Bonchev–Trinajstić information content (AvgIpc) is 2.17. The number of alkyl halides is 2. The zero-order valence-corrected chi connectivity index (χ0v) is 8.53. The molecule has 0 aromatic heterocycles. The maximum atomic E-state index is 12.0. The predicted molar refractivity (Wildman–Crippen MR) is 54.1 cm³/mol. The van der Waals surface area contributed by atoms with Gasteiger partial charge in [0, 0.05) is 16.7 Å². The molecule has 0 N–H and O–H groups in total. The van der Waals surface area contributed by atoms with Crippen molar-refractivity contribution in [2.45, 2.75) is 6.61 Å². The highest BCUT2D eigenvalue weighted by Gasteiger charge is 2.09. The molecule has 0 aliphatic rings. The molecule has 4 nitrogen and oxygen atoms in total. The standard InChI is InChI=1S/C9H6ClF2NO3/c10-7-1-2-8(16-9(11)12)6(5-7)3-4-13(14)15/h1-5,9H/b4-3+. The number of ether oxygens (including phenoxy) is 1. The van der Waals surface area contributed by atoms with Gasteiger partial charge in [0.2, 0.25) is 6.20 Å². The number of rotatable bonds is 4. The van der Waals surface area contributed by atoms with Crippen LogP contribution in [0.4, 0.5) is 8.78 Å². The fourth-order valence-corrected chi connectivity index (χ4v) is 1.17. The third-order valence-corrected chi connectivity index (χ3v) is 1.80. The molecule has 0 bridgehead atoms. The van der Waals surface area contributed by atoms with E-state index in [4.69, 9.17) is 11.6 Å². The van der Waals surface area contributed by atoms with Crippen LogP contribution in [0.2, 0.25) is 5.02 Å². The summed E-state index contributed by atoms with van der Waals surface area (Å²) < 4.78 is 28.1. The lowest BCUT2D eigenvalue weighted by Gasteiger charge is -2.07. The first-order chi connectivity index (χ1) is 7.49. The van der Waals surface area contributed by atoms with Gasteiger partial charge in [-0.05, 0) is 18.2 Å². The van der Waals surface area contributed by atoms with E-state index in [-0.39, 0.29) is 16.3 Å². The maximum absolute atomic E-state index is 12.0. The third-order valence-electron chi connectivity index (χ3n) is 1.56. The Morgan fingerprint density at radius 1 is 1.50 bits per heavy atom. The van der Waals surface area contributed by atoms with Crippen molar-refractivity contribution < 1.29 is 18.4 Å². The van der Waals surface area contributed by atoms with Crippen molar-refractivity contribution in [3.05, 3.63) is 45.1 Å². The molecule has 0 fully saturated rings. The Bertz CT molecular complexity index is 423. The predicted octanol–water partition coefficient (Wildman–Crippen LogP) is 3.19. The second-order valence-electron chi connectivity index (χ2n) is 2.66. The Hall–Kier alpha value is -1.69. The summed E-state index contributed by atoms with van der Waals surface area (Å²) >= 11 is 5.62. The highest BCUT2D eigenvalue weighted by molar-refractivity contribution is 6.30. The number of benzene rings is 1. The van der Waals surface area contributed by atoms with Crippen LogP contribution in [0.5, 0.6) is 5.75 Å². The highest BCUT2D eigenvalue weighted by atomic mass is 35.5. The van der Waals surface area contributed by atoms with Crippen molar-refractivity contribution in [1.29, 1.82) is 0 Å². The van der Waals surface area contributed by atoms with E-state index in [1.54, 1.807) is 0 Å². The van der Waals surface area contributed by atoms with Gasteiger partial charge in [0.25, 0.3) is 0 Å². The van der Waals surface area contributed by atoms with Crippen LogP contribution in [0, 0.1) is 10.1 Å². The van der Waals surface area contributed by atoms with Gasteiger partial charge < -0.3 is 4.74 Å². The second-order valence-corrected chi connectivity index (χ2v) is 3.10. The summed E-state index contributed by atoms with van der Waals surface area (Å²) in [5.41, 5.74) is 0.115. The smallest absolute Gasteiger partial charge is 0.387 e. The van der Waals surface area contributed by atoms with Crippen LogP contribution < -0.4 is 4.74 Å². The lowest BCUT2D eigenvalue weighted by atomic mass is 10.2. The van der Waals surface area contributed by atoms with Gasteiger partial charge in [0.05, 0.1) is 4.92 Å². The molecule has 0 heterocycles. The van der Waals surface area contributed by atoms with Gasteiger partial charge in [0.1, 0.15) is 5.75 Å². The molecule has 1 rings (SSSR count). The molecule has 86 valence electrons. The molecule has 0 radical (unpaired) electrons. The number of halogens is 3. The van der Waals surface area contributed by atoms with Crippen molar-refractivity contribution in [2.75, 3.05) is 0 Å². The molecule has 0 saturated carbocycles. The van der Waals surface area contributed by atoms with Crippen LogP contribution >= 0.6 is 11.6 Å². The quantitative estimate of drug-likeness (QED) is 0.608. The molecule has 7 heteroatoms. The Labute approximate surface area is 94.2 Å². The van der Waals surface area contributed by atoms with Crippen LogP contribution in [0.1, 0.15) is 5.56 Å². The van der Waals surface area contributed by atoms with Gasteiger partial charge >= 0.3 is 6.61 Å². The fourth-order valence-electron chi connectivity index (χ4n) is 0.994. The van der Waals surface area contributed by atoms with Gasteiger partial charge in [-0.25, -0.2) is 0 Å². The number of hydrogen-bond donors (Lipinski definition) is 0. The molecular formula is C9H6ClF2NO3. The largest absolute Gasteiger partial charge is 0.434 e. The van der Waals surface area contributed by atoms with Crippen LogP contribution in [0.3, 0.4) is 0 Å². The Balaban J connectivity index is 3.03. The molecule has 0 aliphatic carbocycles. The normalized spacial score (nSPS) is 11.0. The number of hydrogen-bond acceptors (Lipinski definition) is 3. The summed E-state index contributed by atoms with van der Waals surface area (Å²) in [7, 11) is 0. The zero-order valence-electron chi connectivity index (χ0n) is 7.77. The molecule has 0 atom stereocenters. The lowest BCUT2D eigenvalue weighted by Crippen LogP contribution is -2.03. The van der Waals surface area contributed by atoms with E-state index in [9.17, 15) is 18.9 Å². The summed E-state index contributed by atoms with van der Waals surface area (Å²) in [5.74, 6) is -0.169. The van der Waals surface area contributed by atoms with Crippen LogP contribution in [-0.4, -0.2) is 11.5 Å². The SMILES string of the molecule is O=[N+]([O-])/C=C/c1cc(Cl)ccc1OC(F)F. The Morgan fingerprint density at radius 2 is 2.19 bits per heavy atom. The second kappa shape index (κ2) is 5.41. The van der Waals surface area contributed by atoms with E-state index >= 15 is 0 Å². The first-order valence-electron chi connectivity index (χ1n) is 4.05. The Kier molecular flexibility index (Phi) is 4.19. The van der Waals surface area contributed by atoms with E-state index in [1.165, 1.54) is 18.2 Å². The van der Waals surface area contributed by atoms with E-state index in [1.807, 2.05) is 0 Å². The molecule has 0 amide bonds. The minimum absolute atomic E-state index is 0.115. The Morgan fingerprint density at radius 3 is 2.75 bits per heavy atom. The summed E-state index contributed by atoms with van der Waals surface area (Å²) in [4.78, 5) is 9.37. The molecule has 0 unspecified atom stereocenters. The van der Waals surface area contributed by atoms with Crippen LogP contribution in [0.15, 0.2) is 24.4 Å². The highest BCUT2D eigenvalue weighted by Crippen LogP contribution is 2.25. The van der Waals surface area contributed by atoms with Crippen LogP contribution in [0.25, 0.3) is 6.08 Å². The molecule has 0 saturated heterocycles. The first kappa shape index (κ1) is 12.4. The van der Waals surface area contributed by atoms with Gasteiger partial charge in [0.15, 0.2) is 0 Å². The maximum Gasteiger partial charge on any atom is 0.387 e. The summed E-state index contributed by atoms with van der Waals surface area (Å²) in [6, 6.07) is 3.86. The van der Waals surface area contributed by atoms with Gasteiger partial charge in [-0.15, -0.1) is 0 Å². The molecular weight excluding hydrogens is 244 g/mol. The third kappa shape index (κ3) is 3.82. The van der Waals surface area contributed by atoms with Crippen molar-refractivity contribution in [3.8, 4) is 5.75 Å². The van der Waals surface area contributed by atoms with E-state index in [0.29, 0.717) is 6.20 Å². The minimum atomic E-state index is -3.00. The molecule has 1 aromatic carbocycles. The van der Waals surface area contributed by atoms with Crippen molar-refractivity contribution >= 4 is 17.7 Å². The fraction of sp³-hybridized carbons (Fsp3) is 0.111. The van der Waals surface area contributed by atoms with Crippen LogP contribution in [-0.2, 0) is 0 Å². The average molecular weight is 250 g/mol.